The second-order valence-electron chi connectivity index (χ2n) is 7.31. The molecule has 0 N–H and O–H groups in total. The van der Waals surface area contributed by atoms with Gasteiger partial charge in [-0.1, -0.05) is 80.9 Å². The molecule has 2 rings (SSSR count). The van der Waals surface area contributed by atoms with Gasteiger partial charge in [-0.25, -0.2) is 0 Å². The van der Waals surface area contributed by atoms with Crippen LogP contribution < -0.4 is 0 Å². The molecule has 5 heteroatoms. The molecule has 1 aliphatic heterocycles. The summed E-state index contributed by atoms with van der Waals surface area (Å²) >= 11 is 7.19. The van der Waals surface area contributed by atoms with Gasteiger partial charge in [-0.2, -0.15) is 0 Å². The van der Waals surface area contributed by atoms with Gasteiger partial charge in [0.2, 0.25) is 5.12 Å². The highest BCUT2D eigenvalue weighted by Gasteiger charge is 2.39. The van der Waals surface area contributed by atoms with Crippen LogP contribution in [0.5, 0.6) is 0 Å². The summed E-state index contributed by atoms with van der Waals surface area (Å²) in [6.07, 6.45) is 10.0. The van der Waals surface area contributed by atoms with E-state index in [-0.39, 0.29) is 22.3 Å². The zero-order valence-corrected chi connectivity index (χ0v) is 17.8. The number of benzene rings is 1. The third-order valence-corrected chi connectivity index (χ3v) is 6.23. The van der Waals surface area contributed by atoms with Crippen molar-refractivity contribution in [1.29, 1.82) is 0 Å². The van der Waals surface area contributed by atoms with Crippen LogP contribution >= 0.6 is 23.4 Å². The van der Waals surface area contributed by atoms with Crippen molar-refractivity contribution in [2.45, 2.75) is 70.0 Å². The van der Waals surface area contributed by atoms with Gasteiger partial charge in [-0.05, 0) is 31.0 Å². The molecule has 3 nitrogen and oxygen atoms in total. The Morgan fingerprint density at radius 3 is 2.48 bits per heavy atom. The number of hydrogen-bond donors (Lipinski definition) is 0. The highest BCUT2D eigenvalue weighted by Crippen LogP contribution is 2.44. The fraction of sp³-hybridized carbons (Fsp3) is 0.545. The molecule has 1 aromatic rings. The summed E-state index contributed by atoms with van der Waals surface area (Å²) in [5.41, 5.74) is 0.911. The molecule has 0 radical (unpaired) electrons. The molecule has 0 saturated carbocycles. The maximum absolute atomic E-state index is 12.2. The molecule has 148 valence electrons. The van der Waals surface area contributed by atoms with Crippen molar-refractivity contribution >= 4 is 34.3 Å². The molecule has 1 aliphatic rings. The van der Waals surface area contributed by atoms with E-state index >= 15 is 0 Å². The van der Waals surface area contributed by atoms with Crippen LogP contribution in [0.15, 0.2) is 36.1 Å². The second kappa shape index (κ2) is 10.9. The van der Waals surface area contributed by atoms with Crippen LogP contribution in [-0.2, 0) is 20.7 Å². The highest BCUT2D eigenvalue weighted by atomic mass is 35.5. The number of hydrogen-bond acceptors (Lipinski definition) is 4. The van der Waals surface area contributed by atoms with Gasteiger partial charge in [0.1, 0.15) is 12.4 Å². The van der Waals surface area contributed by atoms with E-state index in [1.165, 1.54) is 43.9 Å². The number of thioether (sulfide) groups is 1. The van der Waals surface area contributed by atoms with Gasteiger partial charge in [0, 0.05) is 17.5 Å². The minimum atomic E-state index is -0.345. The molecule has 0 aliphatic carbocycles. The lowest BCUT2D eigenvalue weighted by Gasteiger charge is -2.26. The number of ether oxygens (including phenoxy) is 1. The fourth-order valence-corrected chi connectivity index (χ4v) is 4.41. The van der Waals surface area contributed by atoms with E-state index in [9.17, 15) is 9.59 Å². The molecular weight excluding hydrogens is 380 g/mol. The van der Waals surface area contributed by atoms with Crippen LogP contribution in [0.2, 0.25) is 5.02 Å². The average Bonchev–Trinajstić information content (AvgIpc) is 2.92. The first kappa shape index (κ1) is 22.0. The Balaban J connectivity index is 1.80. The summed E-state index contributed by atoms with van der Waals surface area (Å²) in [6.45, 7) is 4.25. The highest BCUT2D eigenvalue weighted by molar-refractivity contribution is 8.15. The van der Waals surface area contributed by atoms with E-state index in [1.807, 2.05) is 19.1 Å². The molecule has 1 unspecified atom stereocenters. The van der Waals surface area contributed by atoms with E-state index in [4.69, 9.17) is 16.3 Å². The number of carbonyl (C=O) groups is 2. The Bertz CT molecular complexity index is 669. The molecule has 0 bridgehead atoms. The quantitative estimate of drug-likeness (QED) is 0.390. The first-order valence-electron chi connectivity index (χ1n) is 9.77. The van der Waals surface area contributed by atoms with E-state index in [0.29, 0.717) is 17.2 Å². The summed E-state index contributed by atoms with van der Waals surface area (Å²) < 4.78 is 5.44. The topological polar surface area (TPSA) is 43.4 Å². The fourth-order valence-electron chi connectivity index (χ4n) is 3.21. The Kier molecular flexibility index (Phi) is 8.91. The van der Waals surface area contributed by atoms with Crippen molar-refractivity contribution in [2.24, 2.45) is 0 Å². The lowest BCUT2D eigenvalue weighted by Crippen LogP contribution is -2.24. The zero-order valence-electron chi connectivity index (χ0n) is 16.3. The normalized spacial score (nSPS) is 19.2. The van der Waals surface area contributed by atoms with Crippen LogP contribution in [0.3, 0.4) is 0 Å². The molecule has 1 atom stereocenters. The van der Waals surface area contributed by atoms with E-state index in [2.05, 4.69) is 6.92 Å². The molecule has 0 amide bonds. The summed E-state index contributed by atoms with van der Waals surface area (Å²) in [5.74, 6) is 0.639. The van der Waals surface area contributed by atoms with Crippen molar-refractivity contribution in [2.75, 3.05) is 6.61 Å². The van der Waals surface area contributed by atoms with Crippen molar-refractivity contribution in [3.8, 4) is 0 Å². The molecule has 0 spiro atoms. The van der Waals surface area contributed by atoms with E-state index < -0.39 is 0 Å². The zero-order chi connectivity index (χ0) is 19.7. The monoisotopic (exact) mass is 408 g/mol. The number of Topliss-reactive ketones (excluding diaryl/α,β-unsaturated/α-hetero) is 1. The molecular formula is C22H29ClO3S. The van der Waals surface area contributed by atoms with Crippen molar-refractivity contribution < 1.29 is 14.3 Å². The average molecular weight is 409 g/mol. The van der Waals surface area contributed by atoms with Crippen LogP contribution in [-0.4, -0.2) is 22.3 Å². The predicted molar refractivity (Wildman–Crippen MR) is 113 cm³/mol. The molecule has 1 aromatic carbocycles. The number of rotatable bonds is 12. The lowest BCUT2D eigenvalue weighted by atomic mass is 9.99. The number of ketones is 1. The predicted octanol–water partition coefficient (Wildman–Crippen LogP) is 6.13. The standard InChI is InChI=1S/C22H29ClO3S/c1-3-4-5-6-7-8-13-22(2)20(15-21(25)27-22)26-16-19(24)14-17-9-11-18(23)12-10-17/h9-12,15H,3-8,13-14,16H2,1-2H3. The van der Waals surface area contributed by atoms with E-state index in [0.717, 1.165) is 18.4 Å². The van der Waals surface area contributed by atoms with Crippen molar-refractivity contribution in [3.05, 3.63) is 46.7 Å². The molecule has 1 heterocycles. The Morgan fingerprint density at radius 2 is 1.78 bits per heavy atom. The lowest BCUT2D eigenvalue weighted by molar-refractivity contribution is -0.122. The molecule has 0 saturated heterocycles. The third-order valence-electron chi connectivity index (χ3n) is 4.81. The number of carbonyl (C=O) groups excluding carboxylic acids is 2. The van der Waals surface area contributed by atoms with Gasteiger partial charge in [0.05, 0.1) is 4.75 Å². The Morgan fingerprint density at radius 1 is 1.11 bits per heavy atom. The third kappa shape index (κ3) is 7.34. The largest absolute Gasteiger partial charge is 0.489 e. The summed E-state index contributed by atoms with van der Waals surface area (Å²) in [5, 5.41) is 0.670. The first-order chi connectivity index (χ1) is 12.9. The maximum atomic E-state index is 12.2. The first-order valence-corrected chi connectivity index (χ1v) is 11.0. The summed E-state index contributed by atoms with van der Waals surface area (Å²) in [6, 6.07) is 7.24. The second-order valence-corrected chi connectivity index (χ2v) is 9.25. The van der Waals surface area contributed by atoms with Crippen LogP contribution in [0, 0.1) is 0 Å². The Labute approximate surface area is 171 Å². The Hall–Kier alpha value is -1.26. The molecule has 0 aromatic heterocycles. The minimum absolute atomic E-state index is 0.00557. The van der Waals surface area contributed by atoms with Gasteiger partial charge >= 0.3 is 0 Å². The van der Waals surface area contributed by atoms with Gasteiger partial charge in [0.15, 0.2) is 5.78 Å². The van der Waals surface area contributed by atoms with Gasteiger partial charge < -0.3 is 4.74 Å². The molecule has 0 fully saturated rings. The van der Waals surface area contributed by atoms with E-state index in [1.54, 1.807) is 18.2 Å². The maximum Gasteiger partial charge on any atom is 0.216 e. The summed E-state index contributed by atoms with van der Waals surface area (Å²) in [4.78, 5) is 24.2. The van der Waals surface area contributed by atoms with Crippen molar-refractivity contribution in [1.82, 2.24) is 0 Å². The van der Waals surface area contributed by atoms with Gasteiger partial charge in [-0.3, -0.25) is 9.59 Å². The SMILES string of the molecule is CCCCCCCCC1(C)SC(=O)C=C1OCC(=O)Cc1ccc(Cl)cc1. The minimum Gasteiger partial charge on any atom is -0.489 e. The molecule has 27 heavy (non-hydrogen) atoms. The number of unbranched alkanes of at least 4 members (excludes halogenated alkanes) is 5. The number of halogens is 1. The van der Waals surface area contributed by atoms with Crippen molar-refractivity contribution in [3.63, 3.8) is 0 Å². The summed E-state index contributed by atoms with van der Waals surface area (Å²) in [7, 11) is 0. The van der Waals surface area contributed by atoms with Crippen LogP contribution in [0.4, 0.5) is 0 Å². The smallest absolute Gasteiger partial charge is 0.216 e. The van der Waals surface area contributed by atoms with Gasteiger partial charge in [0.25, 0.3) is 0 Å². The van der Waals surface area contributed by atoms with Gasteiger partial charge in [-0.15, -0.1) is 0 Å². The van der Waals surface area contributed by atoms with Crippen LogP contribution in [0.25, 0.3) is 0 Å². The van der Waals surface area contributed by atoms with Crippen LogP contribution in [0.1, 0.15) is 64.4 Å².